The van der Waals surface area contributed by atoms with E-state index in [0.717, 1.165) is 41.3 Å². The highest BCUT2D eigenvalue weighted by Gasteiger charge is 2.55. The van der Waals surface area contributed by atoms with Crippen LogP contribution in [-0.2, 0) is 15.9 Å². The SMILES string of the molecule is CCCCCc1c(C)c2n(c1C)[B-](F)(F)[N+]1=C(c3cccn3C(=O)OC(C)(C)C)C=C(OC)C1=C2. The summed E-state index contributed by atoms with van der Waals surface area (Å²) in [5.74, 6) is 0.329. The maximum atomic E-state index is 16.4. The molecule has 0 aromatic carbocycles. The van der Waals surface area contributed by atoms with Crippen LogP contribution in [0.3, 0.4) is 0 Å². The molecular weight excluding hydrogens is 451 g/mol. The second-order valence-corrected chi connectivity index (χ2v) is 10.2. The van der Waals surface area contributed by atoms with E-state index >= 15 is 8.63 Å². The van der Waals surface area contributed by atoms with Crippen molar-refractivity contribution in [3.63, 3.8) is 0 Å². The molecule has 0 saturated heterocycles. The van der Waals surface area contributed by atoms with Crippen molar-refractivity contribution in [3.05, 3.63) is 64.1 Å². The Hall–Kier alpha value is -3.10. The molecule has 4 heterocycles. The molecule has 4 rings (SSSR count). The molecule has 0 amide bonds. The predicted molar refractivity (Wildman–Crippen MR) is 134 cm³/mol. The van der Waals surface area contributed by atoms with E-state index in [2.05, 4.69) is 6.92 Å². The number of unbranched alkanes of at least 4 members (excludes halogenated alkanes) is 2. The maximum absolute atomic E-state index is 16.4. The van der Waals surface area contributed by atoms with E-state index in [0.29, 0.717) is 22.8 Å². The predicted octanol–water partition coefficient (Wildman–Crippen LogP) is 6.05. The fourth-order valence-electron chi connectivity index (χ4n) is 5.09. The van der Waals surface area contributed by atoms with Crippen molar-refractivity contribution in [1.29, 1.82) is 0 Å². The topological polar surface area (TPSA) is 48.4 Å². The van der Waals surface area contributed by atoms with Gasteiger partial charge in [0.05, 0.1) is 13.2 Å². The van der Waals surface area contributed by atoms with Gasteiger partial charge < -0.3 is 27.1 Å². The minimum Gasteiger partial charge on any atom is -0.490 e. The molecule has 6 nitrogen and oxygen atoms in total. The first-order valence-corrected chi connectivity index (χ1v) is 12.2. The Labute approximate surface area is 205 Å². The number of fused-ring (bicyclic) bond motifs is 2. The largest absolute Gasteiger partial charge is 0.737 e. The number of carbonyl (C=O) groups is 1. The highest BCUT2D eigenvalue weighted by Crippen LogP contribution is 2.40. The van der Waals surface area contributed by atoms with Gasteiger partial charge in [0.1, 0.15) is 11.3 Å². The summed E-state index contributed by atoms with van der Waals surface area (Å²) in [6.07, 6.45) is 8.09. The normalized spacial score (nSPS) is 16.6. The summed E-state index contributed by atoms with van der Waals surface area (Å²) in [6.45, 7) is 6.86. The summed E-state index contributed by atoms with van der Waals surface area (Å²) < 4.78 is 47.3. The lowest BCUT2D eigenvalue weighted by atomic mass is 9.90. The molecule has 0 fully saturated rings. The zero-order chi connectivity index (χ0) is 25.7. The van der Waals surface area contributed by atoms with Crippen molar-refractivity contribution < 1.29 is 27.4 Å². The monoisotopic (exact) mass is 485 g/mol. The van der Waals surface area contributed by atoms with E-state index in [1.165, 1.54) is 22.4 Å². The summed E-state index contributed by atoms with van der Waals surface area (Å²) in [6, 6.07) is 3.28. The van der Waals surface area contributed by atoms with Crippen LogP contribution in [0.5, 0.6) is 0 Å². The van der Waals surface area contributed by atoms with Crippen molar-refractivity contribution >= 4 is 24.9 Å². The third-order valence-electron chi connectivity index (χ3n) is 6.68. The molecule has 0 radical (unpaired) electrons. The quantitative estimate of drug-likeness (QED) is 0.370. The molecule has 0 spiro atoms. The molecule has 0 N–H and O–H groups in total. The van der Waals surface area contributed by atoms with Gasteiger partial charge in [0.2, 0.25) is 5.70 Å². The van der Waals surface area contributed by atoms with Gasteiger partial charge in [0.15, 0.2) is 11.5 Å². The average molecular weight is 485 g/mol. The first kappa shape index (κ1) is 25.0. The molecule has 2 aromatic heterocycles. The Morgan fingerprint density at radius 1 is 1.17 bits per heavy atom. The number of nitrogens with zero attached hydrogens (tertiary/aromatic N) is 3. The van der Waals surface area contributed by atoms with E-state index in [1.54, 1.807) is 52.0 Å². The maximum Gasteiger partial charge on any atom is 0.737 e. The van der Waals surface area contributed by atoms with Crippen LogP contribution in [0.4, 0.5) is 13.4 Å². The zero-order valence-corrected chi connectivity index (χ0v) is 21.6. The summed E-state index contributed by atoms with van der Waals surface area (Å²) in [5.41, 5.74) is 3.03. The molecule has 9 heteroatoms. The lowest BCUT2D eigenvalue weighted by Gasteiger charge is -2.30. The van der Waals surface area contributed by atoms with Crippen LogP contribution in [0.2, 0.25) is 0 Å². The summed E-state index contributed by atoms with van der Waals surface area (Å²) in [5, 5.41) is 0. The van der Waals surface area contributed by atoms with E-state index in [1.807, 2.05) is 6.92 Å². The van der Waals surface area contributed by atoms with Gasteiger partial charge in [-0.2, -0.15) is 0 Å². The highest BCUT2D eigenvalue weighted by atomic mass is 19.2. The summed E-state index contributed by atoms with van der Waals surface area (Å²) in [4.78, 5) is 12.9. The molecule has 35 heavy (non-hydrogen) atoms. The standard InChI is InChI=1S/C26H34BF2N3O3/c1-8-9-10-12-19-17(2)21-15-23-24(34-7)16-22(32(23)27(28,29)31(21)18(19)3)20-13-11-14-30(20)25(33)35-26(4,5)6/h11,13-16H,8-10,12H2,1-7H3. The van der Waals surface area contributed by atoms with E-state index < -0.39 is 18.7 Å². The van der Waals surface area contributed by atoms with Crippen molar-refractivity contribution in [2.24, 2.45) is 0 Å². The summed E-state index contributed by atoms with van der Waals surface area (Å²) >= 11 is 0. The van der Waals surface area contributed by atoms with Crippen molar-refractivity contribution in [2.45, 2.75) is 72.8 Å². The number of allylic oxidation sites excluding steroid dienone is 1. The van der Waals surface area contributed by atoms with Crippen molar-refractivity contribution in [2.75, 3.05) is 7.11 Å². The number of aromatic nitrogens is 2. The third-order valence-corrected chi connectivity index (χ3v) is 6.68. The molecule has 0 bridgehead atoms. The minimum absolute atomic E-state index is 0.192. The molecule has 2 aliphatic heterocycles. The van der Waals surface area contributed by atoms with Crippen LogP contribution in [0.1, 0.15) is 75.2 Å². The Morgan fingerprint density at radius 3 is 2.51 bits per heavy atom. The number of rotatable bonds is 6. The van der Waals surface area contributed by atoms with Gasteiger partial charge in [-0.05, 0) is 76.4 Å². The molecule has 0 saturated carbocycles. The lowest BCUT2D eigenvalue weighted by molar-refractivity contribution is -0.365. The molecule has 2 aliphatic rings. The Bertz CT molecular complexity index is 1280. The van der Waals surface area contributed by atoms with E-state index in [4.69, 9.17) is 9.47 Å². The van der Waals surface area contributed by atoms with Crippen molar-refractivity contribution in [1.82, 2.24) is 9.05 Å². The van der Waals surface area contributed by atoms with Gasteiger partial charge in [-0.15, -0.1) is 0 Å². The van der Waals surface area contributed by atoms with Crippen LogP contribution in [-0.4, -0.2) is 45.0 Å². The fourth-order valence-corrected chi connectivity index (χ4v) is 5.09. The fraction of sp³-hybridized carbons (Fsp3) is 0.462. The van der Waals surface area contributed by atoms with Gasteiger partial charge >= 0.3 is 13.1 Å². The molecule has 0 aliphatic carbocycles. The Balaban J connectivity index is 1.89. The van der Waals surface area contributed by atoms with Gasteiger partial charge in [-0.3, -0.25) is 0 Å². The number of methoxy groups -OCH3 is 1. The molecular formula is C26H34BF2N3O3. The Morgan fingerprint density at radius 2 is 1.89 bits per heavy atom. The Kier molecular flexibility index (Phi) is 6.32. The number of carbonyl (C=O) groups excluding carboxylic acids is 1. The van der Waals surface area contributed by atoms with Crippen LogP contribution in [0.25, 0.3) is 6.08 Å². The number of hydrogen-bond acceptors (Lipinski definition) is 3. The molecule has 0 atom stereocenters. The van der Waals surface area contributed by atoms with Gasteiger partial charge in [-0.25, -0.2) is 9.36 Å². The van der Waals surface area contributed by atoms with Crippen LogP contribution >= 0.6 is 0 Å². The second-order valence-electron chi connectivity index (χ2n) is 10.2. The second kappa shape index (κ2) is 8.84. The van der Waals surface area contributed by atoms with Crippen LogP contribution in [0.15, 0.2) is 35.9 Å². The third kappa shape index (κ3) is 4.15. The van der Waals surface area contributed by atoms with Gasteiger partial charge in [0, 0.05) is 18.0 Å². The highest BCUT2D eigenvalue weighted by molar-refractivity contribution is 6.58. The zero-order valence-electron chi connectivity index (χ0n) is 21.6. The number of hydrogen-bond donors (Lipinski definition) is 0. The molecule has 0 unspecified atom stereocenters. The minimum atomic E-state index is -4.25. The molecule has 188 valence electrons. The van der Waals surface area contributed by atoms with Crippen molar-refractivity contribution in [3.8, 4) is 0 Å². The van der Waals surface area contributed by atoms with Gasteiger partial charge in [0.25, 0.3) is 0 Å². The van der Waals surface area contributed by atoms with E-state index in [9.17, 15) is 4.79 Å². The summed E-state index contributed by atoms with van der Waals surface area (Å²) in [7, 11) is 1.47. The van der Waals surface area contributed by atoms with Crippen LogP contribution < -0.4 is 0 Å². The van der Waals surface area contributed by atoms with Gasteiger partial charge in [-0.1, -0.05) is 19.8 Å². The number of ether oxygens (including phenoxy) is 2. The first-order chi connectivity index (χ1) is 16.4. The smallest absolute Gasteiger partial charge is 0.490 e. The molecule has 2 aromatic rings. The van der Waals surface area contributed by atoms with E-state index in [-0.39, 0.29) is 11.4 Å². The van der Waals surface area contributed by atoms with Crippen LogP contribution in [0, 0.1) is 13.8 Å². The lowest BCUT2D eigenvalue weighted by Crippen LogP contribution is -2.51. The number of halogens is 2. The first-order valence-electron chi connectivity index (χ1n) is 12.2. The average Bonchev–Trinajstić information content (AvgIpc) is 3.44.